The first kappa shape index (κ1) is 18.3. The molecule has 1 amide bonds. The highest BCUT2D eigenvalue weighted by atomic mass is 16.4. The lowest BCUT2D eigenvalue weighted by Crippen LogP contribution is -2.06. The summed E-state index contributed by atoms with van der Waals surface area (Å²) in [6, 6.07) is 0. The normalized spacial score (nSPS) is 9.12. The van der Waals surface area contributed by atoms with E-state index < -0.39 is 5.97 Å². The number of aliphatic carboxylic acids is 1. The monoisotopic (exact) mass is 245 g/mol. The van der Waals surface area contributed by atoms with Crippen molar-refractivity contribution in [2.45, 2.75) is 58.3 Å². The van der Waals surface area contributed by atoms with Crippen LogP contribution in [0.2, 0.25) is 0 Å². The van der Waals surface area contributed by atoms with Crippen molar-refractivity contribution in [1.29, 1.82) is 0 Å². The van der Waals surface area contributed by atoms with Crippen molar-refractivity contribution in [3.8, 4) is 0 Å². The Morgan fingerprint density at radius 2 is 1.47 bits per heavy atom. The molecule has 17 heavy (non-hydrogen) atoms. The van der Waals surface area contributed by atoms with Gasteiger partial charge in [-0.25, -0.2) is 0 Å². The van der Waals surface area contributed by atoms with Crippen molar-refractivity contribution in [3.63, 3.8) is 0 Å². The summed E-state index contributed by atoms with van der Waals surface area (Å²) in [5.74, 6) is -0.663. The molecule has 0 aliphatic carbocycles. The van der Waals surface area contributed by atoms with Crippen molar-refractivity contribution in [1.82, 2.24) is 4.90 Å². The van der Waals surface area contributed by atoms with E-state index in [0.717, 1.165) is 19.3 Å². The molecular formula is C13H27NO3. The average molecular weight is 245 g/mol. The Balaban J connectivity index is 0. The third kappa shape index (κ3) is 25.3. The zero-order chi connectivity index (χ0) is 13.5. The molecule has 0 aliphatic heterocycles. The number of nitrogens with zero attached hydrogens (tertiary/aromatic N) is 1. The third-order valence-electron chi connectivity index (χ3n) is 2.21. The highest BCUT2D eigenvalue weighted by Gasteiger charge is 1.95. The molecule has 0 atom stereocenters. The number of carbonyl (C=O) groups excluding carboxylic acids is 1. The molecule has 0 fully saturated rings. The largest absolute Gasteiger partial charge is 0.481 e. The van der Waals surface area contributed by atoms with Gasteiger partial charge in [0, 0.05) is 20.5 Å². The number of carboxylic acids is 1. The van der Waals surface area contributed by atoms with Gasteiger partial charge in [-0.2, -0.15) is 0 Å². The Hall–Kier alpha value is -1.06. The molecular weight excluding hydrogens is 218 g/mol. The Labute approximate surface area is 105 Å². The van der Waals surface area contributed by atoms with E-state index in [9.17, 15) is 9.59 Å². The third-order valence-corrected chi connectivity index (χ3v) is 2.21. The molecule has 0 bridgehead atoms. The summed E-state index contributed by atoms with van der Waals surface area (Å²) in [5.41, 5.74) is 0. The predicted octanol–water partition coefficient (Wildman–Crippen LogP) is 2.92. The molecule has 0 aliphatic rings. The molecule has 0 aromatic heterocycles. The minimum absolute atomic E-state index is 0.341. The van der Waals surface area contributed by atoms with E-state index in [2.05, 4.69) is 6.92 Å². The first-order valence-corrected chi connectivity index (χ1v) is 6.38. The average Bonchev–Trinajstić information content (AvgIpc) is 2.28. The van der Waals surface area contributed by atoms with E-state index in [-0.39, 0.29) is 0 Å². The zero-order valence-corrected chi connectivity index (χ0v) is 11.4. The maximum absolute atomic E-state index is 10.1. The quantitative estimate of drug-likeness (QED) is 0.502. The summed E-state index contributed by atoms with van der Waals surface area (Å²) < 4.78 is 0. The van der Waals surface area contributed by atoms with Gasteiger partial charge < -0.3 is 10.0 Å². The Morgan fingerprint density at radius 3 is 1.82 bits per heavy atom. The summed E-state index contributed by atoms with van der Waals surface area (Å²) in [4.78, 5) is 21.0. The maximum atomic E-state index is 10.1. The molecule has 0 aromatic rings. The molecule has 0 heterocycles. The number of unbranched alkanes of at least 4 members (excludes halogenated alkanes) is 6. The Kier molecular flexibility index (Phi) is 16.1. The smallest absolute Gasteiger partial charge is 0.303 e. The lowest BCUT2D eigenvalue weighted by atomic mass is 10.1. The van der Waals surface area contributed by atoms with Crippen LogP contribution in [0.25, 0.3) is 0 Å². The van der Waals surface area contributed by atoms with Gasteiger partial charge in [-0.3, -0.25) is 9.59 Å². The number of hydrogen-bond donors (Lipinski definition) is 1. The molecule has 0 spiro atoms. The van der Waals surface area contributed by atoms with E-state index >= 15 is 0 Å². The maximum Gasteiger partial charge on any atom is 0.303 e. The summed E-state index contributed by atoms with van der Waals surface area (Å²) >= 11 is 0. The second-order valence-corrected chi connectivity index (χ2v) is 4.33. The van der Waals surface area contributed by atoms with Crippen molar-refractivity contribution in [2.75, 3.05) is 14.1 Å². The van der Waals surface area contributed by atoms with Crippen LogP contribution in [0.1, 0.15) is 58.3 Å². The van der Waals surface area contributed by atoms with E-state index in [4.69, 9.17) is 5.11 Å². The van der Waals surface area contributed by atoms with Crippen LogP contribution in [0.4, 0.5) is 0 Å². The van der Waals surface area contributed by atoms with Crippen LogP contribution in [0.15, 0.2) is 0 Å². The van der Waals surface area contributed by atoms with E-state index in [1.807, 2.05) is 0 Å². The lowest BCUT2D eigenvalue weighted by Gasteiger charge is -1.98. The number of hydrogen-bond acceptors (Lipinski definition) is 2. The van der Waals surface area contributed by atoms with Crippen molar-refractivity contribution in [3.05, 3.63) is 0 Å². The SMILES string of the molecule is CCCCCCCCCC(=O)O.CN(C)C=O. The first-order valence-electron chi connectivity index (χ1n) is 6.38. The standard InChI is InChI=1S/C10H20O2.C3H7NO/c1-2-3-4-5-6-7-8-9-10(11)12;1-4(2)3-5/h2-9H2,1H3,(H,11,12);3H,1-2H3. The van der Waals surface area contributed by atoms with Crippen LogP contribution in [0.3, 0.4) is 0 Å². The minimum atomic E-state index is -0.663. The number of carboxylic acid groups (broad SMARTS) is 1. The van der Waals surface area contributed by atoms with E-state index in [1.165, 1.54) is 37.0 Å². The van der Waals surface area contributed by atoms with Crippen LogP contribution < -0.4 is 0 Å². The molecule has 0 saturated carbocycles. The summed E-state index contributed by atoms with van der Waals surface area (Å²) in [7, 11) is 3.38. The van der Waals surface area contributed by atoms with Crippen LogP contribution in [0, 0.1) is 0 Å². The first-order chi connectivity index (χ1) is 8.04. The van der Waals surface area contributed by atoms with Gasteiger partial charge in [-0.1, -0.05) is 45.4 Å². The van der Waals surface area contributed by atoms with Gasteiger partial charge in [-0.15, -0.1) is 0 Å². The van der Waals surface area contributed by atoms with Gasteiger partial charge in [0.15, 0.2) is 0 Å². The second-order valence-electron chi connectivity index (χ2n) is 4.33. The fourth-order valence-electron chi connectivity index (χ4n) is 1.23. The molecule has 0 radical (unpaired) electrons. The molecule has 102 valence electrons. The molecule has 0 rings (SSSR count). The number of rotatable bonds is 9. The van der Waals surface area contributed by atoms with E-state index in [1.54, 1.807) is 14.1 Å². The lowest BCUT2D eigenvalue weighted by molar-refractivity contribution is -0.137. The van der Waals surface area contributed by atoms with Gasteiger partial charge in [0.1, 0.15) is 0 Å². The summed E-state index contributed by atoms with van der Waals surface area (Å²) in [5, 5.41) is 8.35. The predicted molar refractivity (Wildman–Crippen MR) is 70.0 cm³/mol. The molecule has 0 aromatic carbocycles. The highest BCUT2D eigenvalue weighted by Crippen LogP contribution is 2.07. The number of carbonyl (C=O) groups is 2. The van der Waals surface area contributed by atoms with Gasteiger partial charge >= 0.3 is 5.97 Å². The molecule has 4 nitrogen and oxygen atoms in total. The van der Waals surface area contributed by atoms with Gasteiger partial charge in [0.2, 0.25) is 6.41 Å². The fourth-order valence-corrected chi connectivity index (χ4v) is 1.23. The van der Waals surface area contributed by atoms with Crippen LogP contribution in [0.5, 0.6) is 0 Å². The van der Waals surface area contributed by atoms with Crippen molar-refractivity contribution < 1.29 is 14.7 Å². The van der Waals surface area contributed by atoms with Crippen LogP contribution >= 0.6 is 0 Å². The Bertz CT molecular complexity index is 182. The summed E-state index contributed by atoms with van der Waals surface area (Å²) in [6.07, 6.45) is 9.39. The van der Waals surface area contributed by atoms with Gasteiger partial charge in [0.25, 0.3) is 0 Å². The van der Waals surface area contributed by atoms with Gasteiger partial charge in [-0.05, 0) is 6.42 Å². The van der Waals surface area contributed by atoms with Gasteiger partial charge in [0.05, 0.1) is 0 Å². The summed E-state index contributed by atoms with van der Waals surface area (Å²) in [6.45, 7) is 2.20. The van der Waals surface area contributed by atoms with Crippen LogP contribution in [-0.2, 0) is 9.59 Å². The molecule has 0 unspecified atom stereocenters. The van der Waals surface area contributed by atoms with E-state index in [0.29, 0.717) is 6.42 Å². The topological polar surface area (TPSA) is 57.6 Å². The second kappa shape index (κ2) is 14.9. The van der Waals surface area contributed by atoms with Crippen LogP contribution in [-0.4, -0.2) is 36.5 Å². The fraction of sp³-hybridized carbons (Fsp3) is 0.846. The highest BCUT2D eigenvalue weighted by molar-refractivity contribution is 5.66. The zero-order valence-electron chi connectivity index (χ0n) is 11.4. The minimum Gasteiger partial charge on any atom is -0.481 e. The number of amides is 1. The van der Waals surface area contributed by atoms with Crippen molar-refractivity contribution >= 4 is 12.4 Å². The molecule has 0 saturated heterocycles. The van der Waals surface area contributed by atoms with Crippen molar-refractivity contribution in [2.24, 2.45) is 0 Å². The molecule has 4 heteroatoms. The molecule has 1 N–H and O–H groups in total. The Morgan fingerprint density at radius 1 is 1.06 bits per heavy atom.